The molecule has 0 fully saturated rings. The summed E-state index contributed by atoms with van der Waals surface area (Å²) in [5, 5.41) is 2.62. The van der Waals surface area contributed by atoms with Gasteiger partial charge in [-0.2, -0.15) is 0 Å². The van der Waals surface area contributed by atoms with Crippen LogP contribution in [0.3, 0.4) is 0 Å². The summed E-state index contributed by atoms with van der Waals surface area (Å²) in [6.45, 7) is 0.822. The second-order valence-corrected chi connectivity index (χ2v) is 5.02. The van der Waals surface area contributed by atoms with E-state index >= 15 is 0 Å². The maximum atomic E-state index is 10.9. The predicted octanol–water partition coefficient (Wildman–Crippen LogP) is -2.78. The Labute approximate surface area is 110 Å². The SMILES string of the molecule is COP([O-])(=S)NC(C)C.[K+]. The third kappa shape index (κ3) is 8.26. The van der Waals surface area contributed by atoms with Gasteiger partial charge in [0.2, 0.25) is 0 Å². The van der Waals surface area contributed by atoms with Crippen LogP contribution in [0.15, 0.2) is 0 Å². The summed E-state index contributed by atoms with van der Waals surface area (Å²) in [5.74, 6) is 0. The summed E-state index contributed by atoms with van der Waals surface area (Å²) in [6.07, 6.45) is 0. The third-order valence-corrected chi connectivity index (χ3v) is 2.73. The van der Waals surface area contributed by atoms with Crippen molar-refractivity contribution < 1.29 is 60.8 Å². The van der Waals surface area contributed by atoms with Crippen molar-refractivity contribution in [1.82, 2.24) is 5.09 Å². The van der Waals surface area contributed by atoms with Crippen LogP contribution in [0.25, 0.3) is 0 Å². The summed E-state index contributed by atoms with van der Waals surface area (Å²) in [4.78, 5) is 10.9. The summed E-state index contributed by atoms with van der Waals surface area (Å²) in [7, 11) is 1.34. The van der Waals surface area contributed by atoms with Crippen molar-refractivity contribution in [3.63, 3.8) is 0 Å². The van der Waals surface area contributed by atoms with E-state index in [-0.39, 0.29) is 57.4 Å². The van der Waals surface area contributed by atoms with E-state index in [1.54, 1.807) is 0 Å². The van der Waals surface area contributed by atoms with Crippen molar-refractivity contribution in [1.29, 1.82) is 0 Å². The second kappa shape index (κ2) is 6.66. The monoisotopic (exact) mass is 207 g/mol. The third-order valence-electron chi connectivity index (χ3n) is 0.657. The fourth-order valence-corrected chi connectivity index (χ4v) is 1.74. The van der Waals surface area contributed by atoms with Gasteiger partial charge in [0.15, 0.2) is 0 Å². The Hall–Kier alpha value is 2.17. The average molecular weight is 207 g/mol. The van der Waals surface area contributed by atoms with Gasteiger partial charge in [0, 0.05) is 13.2 Å². The van der Waals surface area contributed by atoms with Crippen LogP contribution in [0.1, 0.15) is 13.8 Å². The molecule has 0 aromatic rings. The first-order valence-electron chi connectivity index (χ1n) is 2.62. The molecule has 0 aliphatic carbocycles. The molecule has 0 amide bonds. The summed E-state index contributed by atoms with van der Waals surface area (Å²) < 4.78 is 4.51. The first-order chi connectivity index (χ1) is 3.98. The van der Waals surface area contributed by atoms with Crippen LogP contribution < -0.4 is 61.4 Å². The van der Waals surface area contributed by atoms with E-state index in [9.17, 15) is 4.89 Å². The van der Waals surface area contributed by atoms with Crippen molar-refractivity contribution in [3.05, 3.63) is 0 Å². The van der Waals surface area contributed by atoms with Gasteiger partial charge in [-0.1, -0.05) is 11.8 Å². The first-order valence-corrected chi connectivity index (χ1v) is 5.26. The molecule has 10 heavy (non-hydrogen) atoms. The summed E-state index contributed by atoms with van der Waals surface area (Å²) >= 11 is 4.54. The molecule has 0 spiro atoms. The van der Waals surface area contributed by atoms with Gasteiger partial charge in [-0.3, -0.25) is 5.09 Å². The molecule has 0 saturated heterocycles. The van der Waals surface area contributed by atoms with Crippen LogP contribution in [-0.4, -0.2) is 13.2 Å². The van der Waals surface area contributed by atoms with Crippen molar-refractivity contribution in [2.75, 3.05) is 7.11 Å². The van der Waals surface area contributed by atoms with E-state index in [1.165, 1.54) is 7.11 Å². The number of nitrogens with one attached hydrogen (secondary N) is 1. The van der Waals surface area contributed by atoms with Crippen LogP contribution in [0, 0.1) is 0 Å². The zero-order chi connectivity index (χ0) is 7.49. The topological polar surface area (TPSA) is 44.3 Å². The van der Waals surface area contributed by atoms with Crippen molar-refractivity contribution in [2.24, 2.45) is 0 Å². The molecule has 0 aliphatic heterocycles. The number of rotatable bonds is 3. The Bertz CT molecular complexity index is 132. The molecule has 0 aliphatic rings. The molecule has 0 radical (unpaired) electrons. The van der Waals surface area contributed by atoms with E-state index in [0.717, 1.165) is 0 Å². The van der Waals surface area contributed by atoms with Crippen molar-refractivity contribution in [2.45, 2.75) is 19.9 Å². The molecule has 56 valence electrons. The van der Waals surface area contributed by atoms with E-state index in [1.807, 2.05) is 13.8 Å². The molecule has 1 N–H and O–H groups in total. The van der Waals surface area contributed by atoms with Crippen LogP contribution in [0.4, 0.5) is 0 Å². The van der Waals surface area contributed by atoms with Gasteiger partial charge in [0.05, 0.1) is 6.64 Å². The van der Waals surface area contributed by atoms with E-state index in [0.29, 0.717) is 0 Å². The summed E-state index contributed by atoms with van der Waals surface area (Å²) in [5.41, 5.74) is 0. The van der Waals surface area contributed by atoms with E-state index in [2.05, 4.69) is 21.4 Å². The Morgan fingerprint density at radius 3 is 2.10 bits per heavy atom. The molecule has 0 rings (SSSR count). The molecule has 0 bridgehead atoms. The van der Waals surface area contributed by atoms with Gasteiger partial charge in [-0.25, -0.2) is 0 Å². The van der Waals surface area contributed by atoms with Gasteiger partial charge in [0.25, 0.3) is 0 Å². The van der Waals surface area contributed by atoms with Gasteiger partial charge in [-0.05, 0) is 13.8 Å². The minimum absolute atomic E-state index is 0. The van der Waals surface area contributed by atoms with Crippen LogP contribution in [0.2, 0.25) is 0 Å². The number of hydrogen-bond acceptors (Lipinski definition) is 3. The molecule has 3 nitrogen and oxygen atoms in total. The Kier molecular flexibility index (Phi) is 9.77. The first kappa shape index (κ1) is 14.7. The minimum atomic E-state index is -2.90. The van der Waals surface area contributed by atoms with Gasteiger partial charge in [-0.15, -0.1) is 0 Å². The van der Waals surface area contributed by atoms with E-state index < -0.39 is 6.64 Å². The molecule has 0 saturated carbocycles. The van der Waals surface area contributed by atoms with E-state index in [4.69, 9.17) is 0 Å². The molecule has 0 aromatic carbocycles. The predicted molar refractivity (Wildman–Crippen MR) is 39.6 cm³/mol. The van der Waals surface area contributed by atoms with Gasteiger partial charge >= 0.3 is 51.4 Å². The standard InChI is InChI=1S/C4H12NO2PS.K/c1-4(2)5-8(6,9)7-3;/h4H,1-3H3,(H2,5,6,9);/q;+1/p-1. The van der Waals surface area contributed by atoms with Crippen LogP contribution in [0.5, 0.6) is 0 Å². The average Bonchev–Trinajstić information content (AvgIpc) is 1.63. The molecule has 1 unspecified atom stereocenters. The zero-order valence-corrected chi connectivity index (χ0v) is 11.6. The quantitative estimate of drug-likeness (QED) is 0.402. The molecular formula is C4H11KNO2PS. The number of hydrogen-bond donors (Lipinski definition) is 1. The second-order valence-electron chi connectivity index (χ2n) is 1.96. The fourth-order valence-electron chi connectivity index (χ4n) is 0.369. The Morgan fingerprint density at radius 1 is 1.60 bits per heavy atom. The zero-order valence-electron chi connectivity index (χ0n) is 6.75. The fraction of sp³-hybridized carbons (Fsp3) is 1.00. The molecule has 1 atom stereocenters. The summed E-state index contributed by atoms with van der Waals surface area (Å²) in [6, 6.07) is 0.105. The molecule has 0 aromatic heterocycles. The van der Waals surface area contributed by atoms with Crippen LogP contribution in [-0.2, 0) is 16.3 Å². The minimum Gasteiger partial charge on any atom is -0.789 e. The van der Waals surface area contributed by atoms with Crippen LogP contribution >= 0.6 is 6.64 Å². The smallest absolute Gasteiger partial charge is 0.789 e. The Morgan fingerprint density at radius 2 is 2.00 bits per heavy atom. The molecule has 0 heterocycles. The normalized spacial score (nSPS) is 16.1. The van der Waals surface area contributed by atoms with Gasteiger partial charge < -0.3 is 9.42 Å². The van der Waals surface area contributed by atoms with Gasteiger partial charge in [0.1, 0.15) is 0 Å². The maximum Gasteiger partial charge on any atom is 1.00 e. The molecular weight excluding hydrogens is 196 g/mol. The Balaban J connectivity index is 0. The van der Waals surface area contributed by atoms with Crippen molar-refractivity contribution >= 4 is 18.4 Å². The largest absolute Gasteiger partial charge is 1.00 e. The van der Waals surface area contributed by atoms with Crippen molar-refractivity contribution in [3.8, 4) is 0 Å². The maximum absolute atomic E-state index is 10.9. The molecule has 6 heteroatoms.